The second kappa shape index (κ2) is 3.65. The molecule has 0 aliphatic carbocycles. The lowest BCUT2D eigenvalue weighted by Gasteiger charge is -1.91. The molecule has 0 aliphatic heterocycles. The predicted molar refractivity (Wildman–Crippen MR) is 33.7 cm³/mol. The molecule has 0 heterocycles. The summed E-state index contributed by atoms with van der Waals surface area (Å²) in [6, 6.07) is 0. The van der Waals surface area contributed by atoms with E-state index in [1.54, 1.807) is 13.8 Å². The Morgan fingerprint density at radius 1 is 1.75 bits per heavy atom. The zero-order valence-electron chi connectivity index (χ0n) is 4.84. The summed E-state index contributed by atoms with van der Waals surface area (Å²) in [4.78, 5) is 0. The lowest BCUT2D eigenvalue weighted by atomic mass is 10.5. The minimum absolute atomic E-state index is 0.417. The molecule has 0 rings (SSSR count). The summed E-state index contributed by atoms with van der Waals surface area (Å²) in [5, 5.41) is -0.417. The van der Waals surface area contributed by atoms with Gasteiger partial charge in [0.25, 0.3) is 0 Å². The van der Waals surface area contributed by atoms with Crippen LogP contribution in [0, 0.1) is 11.8 Å². The molecule has 0 saturated heterocycles. The van der Waals surface area contributed by atoms with Crippen LogP contribution in [0.4, 0.5) is 0 Å². The molecule has 46 valence electrons. The van der Waals surface area contributed by atoms with Crippen LogP contribution in [0.5, 0.6) is 0 Å². The lowest BCUT2D eigenvalue weighted by Crippen LogP contribution is -2.05. The summed E-state index contributed by atoms with van der Waals surface area (Å²) in [5.74, 6) is 5.09. The average molecular weight is 132 g/mol. The quantitative estimate of drug-likeness (QED) is 0.419. The van der Waals surface area contributed by atoms with E-state index in [1.807, 2.05) is 0 Å². The van der Waals surface area contributed by atoms with Crippen molar-refractivity contribution in [3.8, 4) is 11.8 Å². The smallest absolute Gasteiger partial charge is 0.168 e. The van der Waals surface area contributed by atoms with Crippen LogP contribution in [0.25, 0.3) is 0 Å². The summed E-state index contributed by atoms with van der Waals surface area (Å²) in [5.41, 5.74) is 0. The largest absolute Gasteiger partial charge is 0.305 e. The van der Waals surface area contributed by atoms with Gasteiger partial charge in [-0.3, -0.25) is 0 Å². The zero-order valence-corrected chi connectivity index (χ0v) is 5.66. The van der Waals surface area contributed by atoms with Gasteiger partial charge in [0.15, 0.2) is 11.1 Å². The first-order chi connectivity index (χ1) is 3.68. The zero-order chi connectivity index (χ0) is 6.57. The second-order valence-corrected chi connectivity index (χ2v) is 2.57. The van der Waals surface area contributed by atoms with Crippen molar-refractivity contribution < 1.29 is 8.76 Å². The van der Waals surface area contributed by atoms with Crippen LogP contribution in [0.2, 0.25) is 0 Å². The van der Waals surface area contributed by atoms with Crippen LogP contribution in [0.3, 0.4) is 0 Å². The van der Waals surface area contributed by atoms with Crippen molar-refractivity contribution in [3.05, 3.63) is 0 Å². The second-order valence-electron chi connectivity index (χ2n) is 1.31. The monoisotopic (exact) mass is 132 g/mol. The molecule has 0 aromatic heterocycles. The van der Waals surface area contributed by atoms with Crippen molar-refractivity contribution in [2.45, 2.75) is 19.1 Å². The van der Waals surface area contributed by atoms with E-state index < -0.39 is 16.3 Å². The molecule has 0 amide bonds. The van der Waals surface area contributed by atoms with Crippen molar-refractivity contribution in [2.24, 2.45) is 0 Å². The van der Waals surface area contributed by atoms with Gasteiger partial charge in [0.05, 0.1) is 0 Å². The van der Waals surface area contributed by atoms with Gasteiger partial charge >= 0.3 is 0 Å². The Kier molecular flexibility index (Phi) is 3.49. The van der Waals surface area contributed by atoms with E-state index in [9.17, 15) is 4.21 Å². The fourth-order valence-corrected chi connectivity index (χ4v) is 0.472. The molecule has 2 nitrogen and oxygen atoms in total. The molecule has 0 saturated carbocycles. The van der Waals surface area contributed by atoms with Crippen LogP contribution in [0.15, 0.2) is 0 Å². The Hall–Kier alpha value is -0.330. The van der Waals surface area contributed by atoms with Crippen molar-refractivity contribution in [1.82, 2.24) is 0 Å². The third-order valence-electron chi connectivity index (χ3n) is 0.650. The SMILES string of the molecule is CC#CC(C)S(=O)O. The summed E-state index contributed by atoms with van der Waals surface area (Å²) < 4.78 is 18.4. The first kappa shape index (κ1) is 7.67. The molecule has 2 atom stereocenters. The number of rotatable bonds is 1. The minimum Gasteiger partial charge on any atom is -0.305 e. The Morgan fingerprint density at radius 2 is 2.25 bits per heavy atom. The Bertz CT molecular complexity index is 142. The average Bonchev–Trinajstić information content (AvgIpc) is 1.67. The van der Waals surface area contributed by atoms with Crippen LogP contribution >= 0.6 is 0 Å². The molecular formula is C5H8O2S. The van der Waals surface area contributed by atoms with E-state index in [0.717, 1.165) is 0 Å². The van der Waals surface area contributed by atoms with Gasteiger partial charge in [-0.1, -0.05) is 5.92 Å². The Morgan fingerprint density at radius 3 is 2.38 bits per heavy atom. The standard InChI is InChI=1S/C5H8O2S/c1-3-4-5(2)8(6)7/h5H,1-2H3,(H,6,7). The van der Waals surface area contributed by atoms with Gasteiger partial charge in [-0.05, 0) is 13.8 Å². The topological polar surface area (TPSA) is 37.3 Å². The van der Waals surface area contributed by atoms with Gasteiger partial charge in [0.1, 0.15) is 5.25 Å². The summed E-state index contributed by atoms with van der Waals surface area (Å²) in [6.07, 6.45) is 0. The highest BCUT2D eigenvalue weighted by Gasteiger charge is 2.00. The van der Waals surface area contributed by atoms with Crippen molar-refractivity contribution in [2.75, 3.05) is 0 Å². The van der Waals surface area contributed by atoms with E-state index in [-0.39, 0.29) is 0 Å². The first-order valence-corrected chi connectivity index (χ1v) is 3.37. The highest BCUT2D eigenvalue weighted by molar-refractivity contribution is 7.80. The summed E-state index contributed by atoms with van der Waals surface area (Å²) in [7, 11) is 0. The summed E-state index contributed by atoms with van der Waals surface area (Å²) >= 11 is -1.78. The molecule has 8 heavy (non-hydrogen) atoms. The van der Waals surface area contributed by atoms with Gasteiger partial charge in [0.2, 0.25) is 0 Å². The molecule has 1 N–H and O–H groups in total. The number of hydrogen-bond donors (Lipinski definition) is 1. The first-order valence-electron chi connectivity index (χ1n) is 2.20. The molecule has 0 aromatic rings. The fraction of sp³-hybridized carbons (Fsp3) is 0.600. The van der Waals surface area contributed by atoms with Crippen LogP contribution in [-0.2, 0) is 11.1 Å². The van der Waals surface area contributed by atoms with E-state index in [0.29, 0.717) is 0 Å². The molecule has 0 fully saturated rings. The molecule has 0 aromatic carbocycles. The van der Waals surface area contributed by atoms with Gasteiger partial charge in [-0.15, -0.1) is 5.92 Å². The van der Waals surface area contributed by atoms with Gasteiger partial charge in [-0.2, -0.15) is 0 Å². The van der Waals surface area contributed by atoms with Crippen LogP contribution in [0.1, 0.15) is 13.8 Å². The highest BCUT2D eigenvalue weighted by atomic mass is 32.2. The molecule has 0 aliphatic rings. The lowest BCUT2D eigenvalue weighted by molar-refractivity contribution is 0.560. The molecule has 3 heteroatoms. The van der Waals surface area contributed by atoms with E-state index in [4.69, 9.17) is 4.55 Å². The van der Waals surface area contributed by atoms with Gasteiger partial charge in [0, 0.05) is 0 Å². The minimum atomic E-state index is -1.78. The van der Waals surface area contributed by atoms with E-state index >= 15 is 0 Å². The van der Waals surface area contributed by atoms with Gasteiger partial charge in [-0.25, -0.2) is 4.21 Å². The van der Waals surface area contributed by atoms with E-state index in [2.05, 4.69) is 11.8 Å². The summed E-state index contributed by atoms with van der Waals surface area (Å²) in [6.45, 7) is 3.25. The maximum atomic E-state index is 10.1. The fourth-order valence-electron chi connectivity index (χ4n) is 0.254. The normalized spacial score (nSPS) is 15.9. The van der Waals surface area contributed by atoms with Crippen LogP contribution < -0.4 is 0 Å². The molecule has 0 spiro atoms. The predicted octanol–water partition coefficient (Wildman–Crippen LogP) is 0.620. The van der Waals surface area contributed by atoms with Crippen molar-refractivity contribution in [3.63, 3.8) is 0 Å². The highest BCUT2D eigenvalue weighted by Crippen LogP contribution is 1.86. The Balaban J connectivity index is 3.77. The third-order valence-corrected chi connectivity index (χ3v) is 1.37. The maximum absolute atomic E-state index is 10.1. The molecule has 2 unspecified atom stereocenters. The van der Waals surface area contributed by atoms with Crippen molar-refractivity contribution >= 4 is 11.1 Å². The maximum Gasteiger partial charge on any atom is 0.168 e. The van der Waals surface area contributed by atoms with Crippen molar-refractivity contribution in [1.29, 1.82) is 0 Å². The molecule has 0 bridgehead atoms. The molecular weight excluding hydrogens is 124 g/mol. The number of hydrogen-bond acceptors (Lipinski definition) is 1. The van der Waals surface area contributed by atoms with Crippen LogP contribution in [-0.4, -0.2) is 14.0 Å². The van der Waals surface area contributed by atoms with E-state index in [1.165, 1.54) is 0 Å². The Labute approximate surface area is 51.6 Å². The van der Waals surface area contributed by atoms with Gasteiger partial charge < -0.3 is 4.55 Å². The molecule has 0 radical (unpaired) electrons. The third kappa shape index (κ3) is 2.78.